The van der Waals surface area contributed by atoms with Crippen LogP contribution in [-0.2, 0) is 17.9 Å². The Morgan fingerprint density at radius 2 is 1.79 bits per heavy atom. The van der Waals surface area contributed by atoms with E-state index in [1.54, 1.807) is 12.1 Å². The first-order valence-electron chi connectivity index (χ1n) is 8.79. The Hall–Kier alpha value is -3.67. The van der Waals surface area contributed by atoms with E-state index in [-0.39, 0.29) is 29.8 Å². The zero-order chi connectivity index (χ0) is 19.7. The molecule has 140 valence electrons. The summed E-state index contributed by atoms with van der Waals surface area (Å²) in [4.78, 5) is 38.7. The fraction of sp³-hybridized carbons (Fsp3) is 0.136. The molecule has 0 unspecified atom stereocenters. The predicted molar refractivity (Wildman–Crippen MR) is 99.7 cm³/mol. The van der Waals surface area contributed by atoms with Crippen LogP contribution in [0.15, 0.2) is 65.3 Å². The quantitative estimate of drug-likeness (QED) is 0.501. The number of amides is 2. The molecule has 0 N–H and O–H groups in total. The van der Waals surface area contributed by atoms with Crippen LogP contribution in [0.4, 0.5) is 0 Å². The Balaban J connectivity index is 1.51. The molecular weight excluding hydrogens is 358 g/mol. The van der Waals surface area contributed by atoms with Gasteiger partial charge >= 0.3 is 5.97 Å². The van der Waals surface area contributed by atoms with Gasteiger partial charge in [0.15, 0.2) is 0 Å². The van der Waals surface area contributed by atoms with E-state index in [9.17, 15) is 14.4 Å². The Kier molecular flexibility index (Phi) is 4.53. The lowest BCUT2D eigenvalue weighted by atomic mass is 10.1. The van der Waals surface area contributed by atoms with Crippen molar-refractivity contribution in [3.8, 4) is 0 Å². The van der Waals surface area contributed by atoms with Crippen molar-refractivity contribution in [3.63, 3.8) is 0 Å². The van der Waals surface area contributed by atoms with Crippen LogP contribution in [0, 0.1) is 6.92 Å². The molecule has 6 nitrogen and oxygen atoms in total. The number of imide groups is 1. The number of aryl methyl sites for hydroxylation is 1. The van der Waals surface area contributed by atoms with Crippen molar-refractivity contribution in [1.29, 1.82) is 0 Å². The summed E-state index contributed by atoms with van der Waals surface area (Å²) in [6, 6.07) is 15.4. The molecule has 1 aromatic heterocycles. The van der Waals surface area contributed by atoms with Crippen molar-refractivity contribution in [1.82, 2.24) is 4.90 Å². The summed E-state index contributed by atoms with van der Waals surface area (Å²) < 4.78 is 10.6. The van der Waals surface area contributed by atoms with Gasteiger partial charge in [-0.25, -0.2) is 4.79 Å². The van der Waals surface area contributed by atoms with Gasteiger partial charge in [0.05, 0.1) is 29.5 Å². The first-order chi connectivity index (χ1) is 13.5. The Bertz CT molecular complexity index is 1070. The lowest BCUT2D eigenvalue weighted by Gasteiger charge is -2.11. The maximum Gasteiger partial charge on any atom is 0.338 e. The lowest BCUT2D eigenvalue weighted by molar-refractivity contribution is 0.0471. The molecule has 3 aromatic rings. The molecule has 1 aliphatic rings. The zero-order valence-corrected chi connectivity index (χ0v) is 15.2. The van der Waals surface area contributed by atoms with E-state index in [1.165, 1.54) is 24.5 Å². The van der Waals surface area contributed by atoms with Crippen LogP contribution in [0.2, 0.25) is 0 Å². The molecule has 0 saturated carbocycles. The van der Waals surface area contributed by atoms with E-state index in [2.05, 4.69) is 0 Å². The standard InChI is InChI=1S/C22H17NO5/c1-14-5-2-3-6-16(14)13-28-22(26)15-8-9-18-19(11-15)21(25)23(20(18)24)12-17-7-4-10-27-17/h2-11H,12-13H2,1H3. The van der Waals surface area contributed by atoms with E-state index in [4.69, 9.17) is 9.15 Å². The summed E-state index contributed by atoms with van der Waals surface area (Å²) in [6.07, 6.45) is 1.48. The number of carbonyl (C=O) groups is 3. The van der Waals surface area contributed by atoms with E-state index in [1.807, 2.05) is 31.2 Å². The summed E-state index contributed by atoms with van der Waals surface area (Å²) in [6.45, 7) is 2.13. The molecule has 0 bridgehead atoms. The van der Waals surface area contributed by atoms with Gasteiger partial charge in [0.2, 0.25) is 0 Å². The molecule has 2 amide bonds. The number of hydrogen-bond donors (Lipinski definition) is 0. The van der Waals surface area contributed by atoms with Gasteiger partial charge in [-0.05, 0) is 48.4 Å². The number of fused-ring (bicyclic) bond motifs is 1. The second kappa shape index (κ2) is 7.15. The number of ether oxygens (including phenoxy) is 1. The molecule has 6 heteroatoms. The highest BCUT2D eigenvalue weighted by Gasteiger charge is 2.36. The molecule has 0 spiro atoms. The number of furan rings is 1. The van der Waals surface area contributed by atoms with Crippen LogP contribution in [-0.4, -0.2) is 22.7 Å². The minimum atomic E-state index is -0.546. The van der Waals surface area contributed by atoms with Crippen molar-refractivity contribution in [3.05, 3.63) is 94.4 Å². The minimum Gasteiger partial charge on any atom is -0.467 e. The van der Waals surface area contributed by atoms with E-state index >= 15 is 0 Å². The summed E-state index contributed by atoms with van der Waals surface area (Å²) in [5.41, 5.74) is 2.63. The fourth-order valence-corrected chi connectivity index (χ4v) is 3.12. The number of esters is 1. The smallest absolute Gasteiger partial charge is 0.338 e. The van der Waals surface area contributed by atoms with Crippen molar-refractivity contribution >= 4 is 17.8 Å². The van der Waals surface area contributed by atoms with Gasteiger partial charge in [0.25, 0.3) is 11.8 Å². The van der Waals surface area contributed by atoms with Gasteiger partial charge in [-0.1, -0.05) is 24.3 Å². The van der Waals surface area contributed by atoms with Gasteiger partial charge in [-0.3, -0.25) is 14.5 Å². The van der Waals surface area contributed by atoms with Gasteiger partial charge in [-0.2, -0.15) is 0 Å². The Labute approximate surface area is 161 Å². The molecule has 0 atom stereocenters. The summed E-state index contributed by atoms with van der Waals surface area (Å²) in [5, 5.41) is 0. The molecule has 0 saturated heterocycles. The van der Waals surface area contributed by atoms with E-state index in [0.29, 0.717) is 5.76 Å². The number of carbonyl (C=O) groups excluding carboxylic acids is 3. The highest BCUT2D eigenvalue weighted by Crippen LogP contribution is 2.26. The maximum absolute atomic E-state index is 12.6. The highest BCUT2D eigenvalue weighted by atomic mass is 16.5. The summed E-state index contributed by atoms with van der Waals surface area (Å²) in [7, 11) is 0. The Morgan fingerprint density at radius 3 is 2.54 bits per heavy atom. The number of rotatable bonds is 5. The highest BCUT2D eigenvalue weighted by molar-refractivity contribution is 6.21. The van der Waals surface area contributed by atoms with Gasteiger partial charge in [0, 0.05) is 0 Å². The Morgan fingerprint density at radius 1 is 1.00 bits per heavy atom. The average Bonchev–Trinajstić information content (AvgIpc) is 3.30. The minimum absolute atomic E-state index is 0.0480. The molecule has 28 heavy (non-hydrogen) atoms. The number of benzene rings is 2. The molecule has 4 rings (SSSR count). The first-order valence-corrected chi connectivity index (χ1v) is 8.79. The van der Waals surface area contributed by atoms with Gasteiger partial charge < -0.3 is 9.15 Å². The summed E-state index contributed by atoms with van der Waals surface area (Å²) >= 11 is 0. The number of hydrogen-bond acceptors (Lipinski definition) is 5. The third kappa shape index (κ3) is 3.20. The van der Waals surface area contributed by atoms with E-state index in [0.717, 1.165) is 16.0 Å². The van der Waals surface area contributed by atoms with Crippen molar-refractivity contribution in [2.24, 2.45) is 0 Å². The topological polar surface area (TPSA) is 76.8 Å². The fourth-order valence-electron chi connectivity index (χ4n) is 3.12. The molecule has 2 aromatic carbocycles. The second-order valence-corrected chi connectivity index (χ2v) is 6.54. The van der Waals surface area contributed by atoms with Crippen LogP contribution >= 0.6 is 0 Å². The largest absolute Gasteiger partial charge is 0.467 e. The SMILES string of the molecule is Cc1ccccc1COC(=O)c1ccc2c(c1)C(=O)N(Cc1ccco1)C2=O. The summed E-state index contributed by atoms with van der Waals surface area (Å²) in [5.74, 6) is -0.899. The van der Waals surface area contributed by atoms with Crippen LogP contribution in [0.1, 0.15) is 48.0 Å². The van der Waals surface area contributed by atoms with Gasteiger partial charge in [-0.15, -0.1) is 0 Å². The van der Waals surface area contributed by atoms with Crippen molar-refractivity contribution < 1.29 is 23.5 Å². The van der Waals surface area contributed by atoms with Gasteiger partial charge in [0.1, 0.15) is 12.4 Å². The van der Waals surface area contributed by atoms with Crippen LogP contribution in [0.3, 0.4) is 0 Å². The zero-order valence-electron chi connectivity index (χ0n) is 15.2. The maximum atomic E-state index is 12.6. The third-order valence-corrected chi connectivity index (χ3v) is 4.72. The lowest BCUT2D eigenvalue weighted by Crippen LogP contribution is -2.28. The number of nitrogens with zero attached hydrogens (tertiary/aromatic N) is 1. The van der Waals surface area contributed by atoms with Crippen LogP contribution < -0.4 is 0 Å². The average molecular weight is 375 g/mol. The second-order valence-electron chi connectivity index (χ2n) is 6.54. The van der Waals surface area contributed by atoms with Crippen LogP contribution in [0.25, 0.3) is 0 Å². The molecule has 0 aliphatic carbocycles. The van der Waals surface area contributed by atoms with Crippen molar-refractivity contribution in [2.75, 3.05) is 0 Å². The van der Waals surface area contributed by atoms with E-state index < -0.39 is 17.8 Å². The van der Waals surface area contributed by atoms with Crippen LogP contribution in [0.5, 0.6) is 0 Å². The first kappa shape index (κ1) is 17.7. The molecular formula is C22H17NO5. The molecule has 2 heterocycles. The van der Waals surface area contributed by atoms with Crippen molar-refractivity contribution in [2.45, 2.75) is 20.1 Å². The molecule has 0 radical (unpaired) electrons. The third-order valence-electron chi connectivity index (χ3n) is 4.72. The molecule has 1 aliphatic heterocycles. The predicted octanol–water partition coefficient (Wildman–Crippen LogP) is 3.74. The molecule has 0 fully saturated rings. The normalized spacial score (nSPS) is 13.0. The monoisotopic (exact) mass is 375 g/mol.